The number of methoxy groups -OCH3 is 1. The van der Waals surface area contributed by atoms with E-state index >= 15 is 0 Å². The summed E-state index contributed by atoms with van der Waals surface area (Å²) < 4.78 is 20.5. The highest BCUT2D eigenvalue weighted by Crippen LogP contribution is 2.40. The molecule has 0 saturated heterocycles. The molecule has 0 bridgehead atoms. The van der Waals surface area contributed by atoms with E-state index in [1.807, 2.05) is 0 Å². The topological polar surface area (TPSA) is 72.6 Å². The molecule has 0 aliphatic rings. The molecule has 2 aromatic heterocycles. The van der Waals surface area contributed by atoms with Crippen molar-refractivity contribution in [2.24, 2.45) is 0 Å². The molecule has 0 spiro atoms. The van der Waals surface area contributed by atoms with E-state index < -0.39 is 11.8 Å². The van der Waals surface area contributed by atoms with Crippen molar-refractivity contribution in [2.45, 2.75) is 0 Å². The lowest BCUT2D eigenvalue weighted by Crippen LogP contribution is -2.29. The summed E-state index contributed by atoms with van der Waals surface area (Å²) in [7, 11) is 2.89. The summed E-state index contributed by atoms with van der Waals surface area (Å²) in [6.07, 6.45) is 1.28. The molecule has 0 fully saturated rings. The maximum Gasteiger partial charge on any atom is 0.325 e. The average Bonchev–Trinajstić information content (AvgIpc) is 3.02. The van der Waals surface area contributed by atoms with Gasteiger partial charge in [-0.05, 0) is 12.1 Å². The fraction of sp³-hybridized carbons (Fsp3) is 0.200. The van der Waals surface area contributed by atoms with Gasteiger partial charge in [-0.2, -0.15) is 19.6 Å². The van der Waals surface area contributed by atoms with Gasteiger partial charge < -0.3 is 9.64 Å². The first-order valence-electron chi connectivity index (χ1n) is 7.05. The van der Waals surface area contributed by atoms with E-state index in [-0.39, 0.29) is 33.6 Å². The van der Waals surface area contributed by atoms with E-state index in [0.29, 0.717) is 5.82 Å². The summed E-state index contributed by atoms with van der Waals surface area (Å²) in [5.41, 5.74) is 0.264. The molecule has 7 nitrogen and oxygen atoms in total. The molecule has 2 heterocycles. The number of carbonyl (C=O) groups is 1. The maximum atomic E-state index is 14.5. The number of benzene rings is 1. The molecule has 0 aliphatic heterocycles. The Bertz CT molecular complexity index is 942. The van der Waals surface area contributed by atoms with Gasteiger partial charge in [0, 0.05) is 12.6 Å². The second-order valence-corrected chi connectivity index (χ2v) is 5.87. The second-order valence-electron chi connectivity index (χ2n) is 5.10. The minimum atomic E-state index is -0.580. The van der Waals surface area contributed by atoms with Crippen LogP contribution >= 0.6 is 23.2 Å². The molecule has 0 N–H and O–H groups in total. The Morgan fingerprint density at radius 1 is 1.36 bits per heavy atom. The number of anilines is 1. The lowest BCUT2D eigenvalue weighted by Gasteiger charge is -2.22. The van der Waals surface area contributed by atoms with Gasteiger partial charge >= 0.3 is 5.97 Å². The van der Waals surface area contributed by atoms with E-state index in [0.717, 1.165) is 0 Å². The molecule has 3 rings (SSSR count). The number of fused-ring (bicyclic) bond motifs is 1. The lowest BCUT2D eigenvalue weighted by atomic mass is 10.1. The molecule has 25 heavy (non-hydrogen) atoms. The normalized spacial score (nSPS) is 10.9. The number of ether oxygens (including phenoxy) is 1. The zero-order valence-electron chi connectivity index (χ0n) is 13.2. The molecule has 130 valence electrons. The van der Waals surface area contributed by atoms with Gasteiger partial charge in [0.1, 0.15) is 29.7 Å². The van der Waals surface area contributed by atoms with Crippen LogP contribution in [0.15, 0.2) is 24.5 Å². The number of halogens is 3. The second kappa shape index (κ2) is 6.81. The zero-order chi connectivity index (χ0) is 18.1. The molecule has 0 unspecified atom stereocenters. The third kappa shape index (κ3) is 3.10. The van der Waals surface area contributed by atoms with Crippen molar-refractivity contribution >= 4 is 40.8 Å². The van der Waals surface area contributed by atoms with Crippen LogP contribution in [0, 0.1) is 5.82 Å². The van der Waals surface area contributed by atoms with Crippen LogP contribution in [0.1, 0.15) is 0 Å². The van der Waals surface area contributed by atoms with Crippen LogP contribution < -0.4 is 4.90 Å². The first-order chi connectivity index (χ1) is 11.9. The maximum absolute atomic E-state index is 14.5. The quantitative estimate of drug-likeness (QED) is 0.509. The van der Waals surface area contributed by atoms with Crippen molar-refractivity contribution in [3.63, 3.8) is 0 Å². The van der Waals surface area contributed by atoms with E-state index in [2.05, 4.69) is 19.8 Å². The number of esters is 1. The molecule has 0 aliphatic carbocycles. The Hall–Kier alpha value is -2.45. The minimum absolute atomic E-state index is 0.0146. The number of nitrogens with zero attached hydrogens (tertiary/aromatic N) is 5. The van der Waals surface area contributed by atoms with Crippen LogP contribution in [0.2, 0.25) is 10.2 Å². The minimum Gasteiger partial charge on any atom is -0.468 e. The molecule has 0 atom stereocenters. The summed E-state index contributed by atoms with van der Waals surface area (Å²) in [6.45, 7) is -0.120. The first kappa shape index (κ1) is 17.4. The molecular weight excluding hydrogens is 372 g/mol. The number of hydrogen-bond acceptors (Lipinski definition) is 6. The SMILES string of the molecule is COC(=O)CN(C)c1c(-c2c(F)cccc2Cl)c(Cl)nc2ncnn12. The van der Waals surface area contributed by atoms with Crippen molar-refractivity contribution in [3.05, 3.63) is 40.5 Å². The van der Waals surface area contributed by atoms with Gasteiger partial charge in [-0.15, -0.1) is 0 Å². The molecule has 10 heteroatoms. The highest BCUT2D eigenvalue weighted by atomic mass is 35.5. The van der Waals surface area contributed by atoms with Crippen molar-refractivity contribution in [3.8, 4) is 11.1 Å². The third-order valence-corrected chi connectivity index (χ3v) is 4.12. The number of rotatable bonds is 4. The molecule has 0 radical (unpaired) electrons. The molecule has 3 aromatic rings. The van der Waals surface area contributed by atoms with Gasteiger partial charge in [-0.3, -0.25) is 4.79 Å². The monoisotopic (exact) mass is 383 g/mol. The number of carbonyl (C=O) groups excluding carboxylic acids is 1. The van der Waals surface area contributed by atoms with Crippen LogP contribution in [0.25, 0.3) is 16.9 Å². The first-order valence-corrected chi connectivity index (χ1v) is 7.81. The van der Waals surface area contributed by atoms with Crippen LogP contribution in [0.4, 0.5) is 10.2 Å². The van der Waals surface area contributed by atoms with E-state index in [4.69, 9.17) is 23.2 Å². The Kier molecular flexibility index (Phi) is 4.73. The zero-order valence-corrected chi connectivity index (χ0v) is 14.7. The summed E-state index contributed by atoms with van der Waals surface area (Å²) in [4.78, 5) is 21.3. The molecular formula is C15H12Cl2FN5O2. The Morgan fingerprint density at radius 2 is 2.12 bits per heavy atom. The third-order valence-electron chi connectivity index (χ3n) is 3.53. The van der Waals surface area contributed by atoms with E-state index in [1.54, 1.807) is 7.05 Å². The number of likely N-dealkylation sites (N-methyl/N-ethyl adjacent to an activating group) is 1. The number of hydrogen-bond donors (Lipinski definition) is 0. The van der Waals surface area contributed by atoms with E-state index in [9.17, 15) is 9.18 Å². The van der Waals surface area contributed by atoms with Crippen molar-refractivity contribution in [1.29, 1.82) is 0 Å². The van der Waals surface area contributed by atoms with Gasteiger partial charge in [0.05, 0.1) is 17.7 Å². The fourth-order valence-corrected chi connectivity index (χ4v) is 2.95. The van der Waals surface area contributed by atoms with Crippen molar-refractivity contribution in [2.75, 3.05) is 25.6 Å². The Balaban J connectivity index is 2.33. The summed E-state index contributed by atoms with van der Waals surface area (Å²) >= 11 is 12.5. The van der Waals surface area contributed by atoms with Crippen LogP contribution in [0.5, 0.6) is 0 Å². The van der Waals surface area contributed by atoms with Gasteiger partial charge in [-0.25, -0.2) is 4.39 Å². The van der Waals surface area contributed by atoms with Crippen molar-refractivity contribution < 1.29 is 13.9 Å². The highest BCUT2D eigenvalue weighted by Gasteiger charge is 2.25. The summed E-state index contributed by atoms with van der Waals surface area (Å²) in [5, 5.41) is 4.22. The number of aromatic nitrogens is 4. The van der Waals surface area contributed by atoms with Crippen molar-refractivity contribution in [1.82, 2.24) is 19.6 Å². The fourth-order valence-electron chi connectivity index (χ4n) is 2.44. The lowest BCUT2D eigenvalue weighted by molar-refractivity contribution is -0.138. The van der Waals surface area contributed by atoms with Gasteiger partial charge in [-0.1, -0.05) is 29.3 Å². The predicted molar refractivity (Wildman–Crippen MR) is 91.5 cm³/mol. The van der Waals surface area contributed by atoms with Crippen LogP contribution in [-0.2, 0) is 9.53 Å². The van der Waals surface area contributed by atoms with Gasteiger partial charge in [0.25, 0.3) is 5.78 Å². The molecule has 1 aromatic carbocycles. The van der Waals surface area contributed by atoms with E-state index in [1.165, 1.54) is 41.1 Å². The standard InChI is InChI=1S/C15H12Cl2FN5O2/c1-22(6-10(24)25-2)14-12(11-8(16)4-3-5-9(11)18)13(17)21-15-19-7-20-23(14)15/h3-5,7H,6H2,1-2H3. The Labute approximate surface area is 152 Å². The van der Waals surface area contributed by atoms with Crippen LogP contribution in [-0.4, -0.2) is 46.3 Å². The summed E-state index contributed by atoms with van der Waals surface area (Å²) in [5.74, 6) is -0.560. The van der Waals surface area contributed by atoms with Crippen LogP contribution in [0.3, 0.4) is 0 Å². The summed E-state index contributed by atoms with van der Waals surface area (Å²) in [6, 6.07) is 4.27. The largest absolute Gasteiger partial charge is 0.468 e. The highest BCUT2D eigenvalue weighted by molar-refractivity contribution is 6.36. The predicted octanol–water partition coefficient (Wildman–Crippen LogP) is 2.85. The average molecular weight is 384 g/mol. The molecule has 0 saturated carbocycles. The molecule has 0 amide bonds. The van der Waals surface area contributed by atoms with Gasteiger partial charge in [0.15, 0.2) is 0 Å². The van der Waals surface area contributed by atoms with Gasteiger partial charge in [0.2, 0.25) is 0 Å². The Morgan fingerprint density at radius 3 is 2.80 bits per heavy atom. The smallest absolute Gasteiger partial charge is 0.325 e.